The van der Waals surface area contributed by atoms with Gasteiger partial charge in [-0.05, 0) is 41.0 Å². The fourth-order valence-corrected chi connectivity index (χ4v) is 3.96. The molecule has 0 saturated carbocycles. The molecule has 0 radical (unpaired) electrons. The third-order valence-electron chi connectivity index (χ3n) is 5.44. The maximum atomic E-state index is 12.6. The average Bonchev–Trinajstić information content (AvgIpc) is 3.02. The molecule has 2 heterocycles. The van der Waals surface area contributed by atoms with Crippen LogP contribution in [-0.2, 0) is 28.5 Å². The molecule has 160 valence electrons. The highest BCUT2D eigenvalue weighted by Gasteiger charge is 2.69. The maximum Gasteiger partial charge on any atom is 0.311 e. The molecule has 3 rings (SSSR count). The van der Waals surface area contributed by atoms with Crippen LogP contribution < -0.4 is 0 Å². The van der Waals surface area contributed by atoms with Gasteiger partial charge in [0.05, 0.1) is 5.41 Å². The Balaban J connectivity index is 1.93. The molecule has 0 bridgehead atoms. The normalized spacial score (nSPS) is 39.3. The zero-order valence-corrected chi connectivity index (χ0v) is 17.8. The van der Waals surface area contributed by atoms with E-state index in [0.717, 1.165) is 12.8 Å². The van der Waals surface area contributed by atoms with Crippen LogP contribution in [0.2, 0.25) is 0 Å². The lowest BCUT2D eigenvalue weighted by Gasteiger charge is -2.45. The minimum atomic E-state index is -1.27. The molecule has 0 aromatic carbocycles. The predicted octanol–water partition coefficient (Wildman–Crippen LogP) is 2.70. The van der Waals surface area contributed by atoms with Crippen LogP contribution >= 0.6 is 0 Å². The van der Waals surface area contributed by atoms with E-state index in [9.17, 15) is 9.90 Å². The van der Waals surface area contributed by atoms with Crippen LogP contribution in [0.25, 0.3) is 0 Å². The highest BCUT2D eigenvalue weighted by Crippen LogP contribution is 2.49. The summed E-state index contributed by atoms with van der Waals surface area (Å²) in [6, 6.07) is 0. The van der Waals surface area contributed by atoms with E-state index in [1.807, 2.05) is 19.9 Å². The number of hydrogen-bond donors (Lipinski definition) is 1. The minimum Gasteiger partial charge on any atom is -0.458 e. The topological polar surface area (TPSA) is 83.5 Å². The second kappa shape index (κ2) is 7.69. The molecular formula is C21H34O7. The smallest absolute Gasteiger partial charge is 0.311 e. The van der Waals surface area contributed by atoms with Crippen LogP contribution in [0.15, 0.2) is 12.2 Å². The quantitative estimate of drug-likeness (QED) is 0.433. The molecule has 1 aliphatic carbocycles. The van der Waals surface area contributed by atoms with E-state index in [4.69, 9.17) is 23.7 Å². The fraction of sp³-hybridized carbons (Fsp3) is 0.857. The van der Waals surface area contributed by atoms with Crippen molar-refractivity contribution < 1.29 is 33.6 Å². The first-order valence-electron chi connectivity index (χ1n) is 10.2. The summed E-state index contributed by atoms with van der Waals surface area (Å²) >= 11 is 0. The zero-order chi connectivity index (χ0) is 20.7. The van der Waals surface area contributed by atoms with Crippen LogP contribution in [0.5, 0.6) is 0 Å². The van der Waals surface area contributed by atoms with E-state index < -0.39 is 47.5 Å². The van der Waals surface area contributed by atoms with Gasteiger partial charge < -0.3 is 28.8 Å². The first-order valence-corrected chi connectivity index (χ1v) is 10.2. The molecule has 7 heteroatoms. The fourth-order valence-electron chi connectivity index (χ4n) is 3.96. The van der Waals surface area contributed by atoms with Gasteiger partial charge in [0.1, 0.15) is 24.4 Å². The highest BCUT2D eigenvalue weighted by atomic mass is 16.8. The lowest BCUT2D eigenvalue weighted by Crippen LogP contribution is -2.63. The first-order chi connectivity index (χ1) is 13.0. The Morgan fingerprint density at radius 3 is 2.61 bits per heavy atom. The molecule has 0 aromatic heterocycles. The van der Waals surface area contributed by atoms with E-state index in [1.54, 1.807) is 26.8 Å². The van der Waals surface area contributed by atoms with Crippen molar-refractivity contribution in [3.63, 3.8) is 0 Å². The number of carbonyl (C=O) groups is 1. The standard InChI is InChI=1S/C21H34O7/c1-7-8-12-24-16-15-17(27-20(5,6)26-15)28-21(16)13(22)10-9-11-14(21)25-18(23)19(2,3)4/h9-10,13-17,22H,7-8,11-12H2,1-6H3/t13?,14-,15?,16+,17?,21?/m0/s1. The lowest BCUT2D eigenvalue weighted by molar-refractivity contribution is -0.284. The largest absolute Gasteiger partial charge is 0.458 e. The average molecular weight is 398 g/mol. The molecule has 2 fully saturated rings. The number of esters is 1. The number of hydrogen-bond acceptors (Lipinski definition) is 7. The summed E-state index contributed by atoms with van der Waals surface area (Å²) in [5.74, 6) is -1.16. The monoisotopic (exact) mass is 398 g/mol. The van der Waals surface area contributed by atoms with Gasteiger partial charge in [-0.3, -0.25) is 4.79 Å². The molecule has 1 spiro atoms. The first kappa shape index (κ1) is 21.7. The van der Waals surface area contributed by atoms with Crippen molar-refractivity contribution >= 4 is 5.97 Å². The SMILES string of the molecule is CCCCO[C@@H]1C2OC(C)(C)OC2OC12C(O)C=CC[C@@H]2OC(=O)C(C)(C)C. The van der Waals surface area contributed by atoms with Crippen molar-refractivity contribution in [3.8, 4) is 0 Å². The molecule has 4 unspecified atom stereocenters. The molecule has 2 aliphatic heterocycles. The summed E-state index contributed by atoms with van der Waals surface area (Å²) in [4.78, 5) is 12.6. The van der Waals surface area contributed by atoms with Gasteiger partial charge in [-0.1, -0.05) is 25.5 Å². The summed E-state index contributed by atoms with van der Waals surface area (Å²) in [5.41, 5.74) is -1.94. The second-order valence-electron chi connectivity index (χ2n) is 9.34. The molecule has 0 aromatic rings. The number of ether oxygens (including phenoxy) is 5. The number of carbonyl (C=O) groups excluding carboxylic acids is 1. The zero-order valence-electron chi connectivity index (χ0n) is 17.8. The number of fused-ring (bicyclic) bond motifs is 1. The molecule has 0 amide bonds. The molecule has 6 atom stereocenters. The van der Waals surface area contributed by atoms with Crippen molar-refractivity contribution in [3.05, 3.63) is 12.2 Å². The Bertz CT molecular complexity index is 608. The molecule has 3 aliphatic rings. The van der Waals surface area contributed by atoms with E-state index >= 15 is 0 Å². The third-order valence-corrected chi connectivity index (χ3v) is 5.44. The third kappa shape index (κ3) is 3.87. The van der Waals surface area contributed by atoms with Gasteiger partial charge in [0.25, 0.3) is 0 Å². The van der Waals surface area contributed by atoms with E-state index in [-0.39, 0.29) is 5.97 Å². The van der Waals surface area contributed by atoms with E-state index in [0.29, 0.717) is 13.0 Å². The highest BCUT2D eigenvalue weighted by molar-refractivity contribution is 5.75. The Hall–Kier alpha value is -0.990. The van der Waals surface area contributed by atoms with Crippen LogP contribution in [0.1, 0.15) is 60.8 Å². The number of aliphatic hydroxyl groups excluding tert-OH is 1. The van der Waals surface area contributed by atoms with Gasteiger partial charge in [-0.25, -0.2) is 0 Å². The Morgan fingerprint density at radius 2 is 1.96 bits per heavy atom. The molecule has 2 saturated heterocycles. The van der Waals surface area contributed by atoms with Crippen molar-refractivity contribution in [2.75, 3.05) is 6.61 Å². The van der Waals surface area contributed by atoms with Crippen molar-refractivity contribution in [1.82, 2.24) is 0 Å². The molecule has 7 nitrogen and oxygen atoms in total. The van der Waals surface area contributed by atoms with Gasteiger partial charge in [-0.15, -0.1) is 0 Å². The Labute approximate surface area is 167 Å². The minimum absolute atomic E-state index is 0.352. The Kier molecular flexibility index (Phi) is 5.96. The molecule has 1 N–H and O–H groups in total. The summed E-state index contributed by atoms with van der Waals surface area (Å²) in [7, 11) is 0. The predicted molar refractivity (Wildman–Crippen MR) is 101 cm³/mol. The van der Waals surface area contributed by atoms with Crippen LogP contribution in [0.3, 0.4) is 0 Å². The van der Waals surface area contributed by atoms with Crippen LogP contribution in [0.4, 0.5) is 0 Å². The summed E-state index contributed by atoms with van der Waals surface area (Å²) < 4.78 is 30.3. The second-order valence-corrected chi connectivity index (χ2v) is 9.34. The maximum absolute atomic E-state index is 12.6. The molecular weight excluding hydrogens is 364 g/mol. The number of aliphatic hydroxyl groups is 1. The summed E-state index contributed by atoms with van der Waals surface area (Å²) in [5, 5.41) is 11.0. The van der Waals surface area contributed by atoms with Gasteiger partial charge in [0.15, 0.2) is 17.7 Å². The van der Waals surface area contributed by atoms with E-state index in [1.165, 1.54) is 0 Å². The van der Waals surface area contributed by atoms with Gasteiger partial charge in [0, 0.05) is 13.0 Å². The van der Waals surface area contributed by atoms with E-state index in [2.05, 4.69) is 6.92 Å². The van der Waals surface area contributed by atoms with Gasteiger partial charge in [0.2, 0.25) is 0 Å². The van der Waals surface area contributed by atoms with Crippen molar-refractivity contribution in [1.29, 1.82) is 0 Å². The Morgan fingerprint density at radius 1 is 1.25 bits per heavy atom. The van der Waals surface area contributed by atoms with Crippen molar-refractivity contribution in [2.24, 2.45) is 5.41 Å². The van der Waals surface area contributed by atoms with Crippen LogP contribution in [0, 0.1) is 5.41 Å². The van der Waals surface area contributed by atoms with Gasteiger partial charge >= 0.3 is 5.97 Å². The lowest BCUT2D eigenvalue weighted by atomic mass is 9.78. The van der Waals surface area contributed by atoms with Crippen molar-refractivity contribution in [2.45, 2.75) is 103 Å². The summed E-state index contributed by atoms with van der Waals surface area (Å²) in [6.45, 7) is 11.6. The summed E-state index contributed by atoms with van der Waals surface area (Å²) in [6.07, 6.45) is 2.21. The van der Waals surface area contributed by atoms with Crippen LogP contribution in [-0.4, -0.2) is 59.8 Å². The number of unbranched alkanes of at least 4 members (excludes halogenated alkanes) is 1. The van der Waals surface area contributed by atoms with Gasteiger partial charge in [-0.2, -0.15) is 0 Å². The molecule has 28 heavy (non-hydrogen) atoms. The number of rotatable bonds is 5.